The third-order valence-electron chi connectivity index (χ3n) is 1.96. The fraction of sp³-hybridized carbons (Fsp3) is 0.417. The van der Waals surface area contributed by atoms with Crippen LogP contribution in [0.4, 0.5) is 0 Å². The molecule has 0 aliphatic carbocycles. The number of hydrogen-bond acceptors (Lipinski definition) is 5. The van der Waals surface area contributed by atoms with Gasteiger partial charge in [-0.25, -0.2) is 13.2 Å². The fourth-order valence-electron chi connectivity index (χ4n) is 1.23. The lowest BCUT2D eigenvalue weighted by Gasteiger charge is -2.09. The van der Waals surface area contributed by atoms with Crippen molar-refractivity contribution in [1.29, 1.82) is 0 Å². The topological polar surface area (TPSA) is 69.7 Å². The average molecular weight is 272 g/mol. The largest absolute Gasteiger partial charge is 0.482 e. The minimum Gasteiger partial charge on any atom is -0.482 e. The van der Waals surface area contributed by atoms with Crippen molar-refractivity contribution >= 4 is 15.8 Å². The number of carbonyl (C=O) groups is 1. The van der Waals surface area contributed by atoms with Crippen LogP contribution in [0.3, 0.4) is 0 Å². The van der Waals surface area contributed by atoms with Gasteiger partial charge in [-0.3, -0.25) is 0 Å². The summed E-state index contributed by atoms with van der Waals surface area (Å²) < 4.78 is 32.7. The molecule has 0 fully saturated rings. The van der Waals surface area contributed by atoms with E-state index in [0.717, 1.165) is 6.26 Å². The number of rotatable bonds is 5. The highest BCUT2D eigenvalue weighted by atomic mass is 32.2. The summed E-state index contributed by atoms with van der Waals surface area (Å²) in [6.45, 7) is 3.23. The molecule has 0 spiro atoms. The summed E-state index contributed by atoms with van der Waals surface area (Å²) in [5, 5.41) is 0. The van der Waals surface area contributed by atoms with Crippen LogP contribution in [-0.2, 0) is 19.4 Å². The van der Waals surface area contributed by atoms with Crippen molar-refractivity contribution in [2.24, 2.45) is 0 Å². The summed E-state index contributed by atoms with van der Waals surface area (Å²) in [7, 11) is -3.28. The van der Waals surface area contributed by atoms with Gasteiger partial charge in [0.05, 0.1) is 11.0 Å². The molecule has 0 atom stereocenters. The first-order chi connectivity index (χ1) is 8.29. The minimum atomic E-state index is -3.28. The molecule has 1 aromatic carbocycles. The zero-order chi connectivity index (χ0) is 13.8. The predicted octanol–water partition coefficient (Wildman–Crippen LogP) is 1.42. The van der Waals surface area contributed by atoms with E-state index in [1.165, 1.54) is 12.1 Å². The molecule has 0 bridgehead atoms. The monoisotopic (exact) mass is 272 g/mol. The summed E-state index contributed by atoms with van der Waals surface area (Å²) in [5.74, 6) is -0.173. The molecular formula is C12H16O5S. The molecule has 0 unspecified atom stereocenters. The van der Waals surface area contributed by atoms with Gasteiger partial charge in [-0.2, -0.15) is 0 Å². The molecule has 100 valence electrons. The highest BCUT2D eigenvalue weighted by Gasteiger charge is 2.10. The van der Waals surface area contributed by atoms with Gasteiger partial charge in [0, 0.05) is 6.26 Å². The number of esters is 1. The Balaban J connectivity index is 2.67. The van der Waals surface area contributed by atoms with Crippen LogP contribution >= 0.6 is 0 Å². The molecule has 1 rings (SSSR count). The first kappa shape index (κ1) is 14.5. The molecule has 0 N–H and O–H groups in total. The Labute approximate surface area is 107 Å². The third kappa shape index (κ3) is 4.75. The Morgan fingerprint density at radius 2 is 2.00 bits per heavy atom. The molecule has 0 radical (unpaired) electrons. The summed E-state index contributed by atoms with van der Waals surface area (Å²) in [6.07, 6.45) is 0.905. The molecule has 0 saturated carbocycles. The van der Waals surface area contributed by atoms with Crippen LogP contribution in [0.2, 0.25) is 0 Å². The Kier molecular flexibility index (Phi) is 4.72. The van der Waals surface area contributed by atoms with Crippen LogP contribution in [0.15, 0.2) is 29.2 Å². The lowest BCUT2D eigenvalue weighted by molar-refractivity contribution is -0.149. The summed E-state index contributed by atoms with van der Waals surface area (Å²) in [5.41, 5.74) is 0. The van der Waals surface area contributed by atoms with Crippen LogP contribution < -0.4 is 4.74 Å². The molecule has 0 heterocycles. The van der Waals surface area contributed by atoms with Crippen molar-refractivity contribution in [2.45, 2.75) is 24.8 Å². The molecule has 5 nitrogen and oxygen atoms in total. The van der Waals surface area contributed by atoms with E-state index in [4.69, 9.17) is 9.47 Å². The van der Waals surface area contributed by atoms with E-state index in [9.17, 15) is 13.2 Å². The second kappa shape index (κ2) is 5.86. The van der Waals surface area contributed by atoms with Gasteiger partial charge in [0.25, 0.3) is 0 Å². The molecule has 0 aliphatic rings. The minimum absolute atomic E-state index is 0.150. The SMILES string of the molecule is CC(C)OC(=O)COc1cccc(S(C)(=O)=O)c1. The quantitative estimate of drug-likeness (QED) is 0.758. The lowest BCUT2D eigenvalue weighted by atomic mass is 10.3. The van der Waals surface area contributed by atoms with Gasteiger partial charge in [0.1, 0.15) is 5.75 Å². The molecule has 0 aromatic heterocycles. The summed E-state index contributed by atoms with van der Waals surface area (Å²) in [4.78, 5) is 11.4. The van der Waals surface area contributed by atoms with Gasteiger partial charge in [0.2, 0.25) is 0 Å². The number of carbonyl (C=O) groups excluding carboxylic acids is 1. The van der Waals surface area contributed by atoms with Crippen LogP contribution in [0.25, 0.3) is 0 Å². The Bertz CT molecular complexity index is 519. The van der Waals surface area contributed by atoms with Crippen LogP contribution in [0.1, 0.15) is 13.8 Å². The highest BCUT2D eigenvalue weighted by Crippen LogP contribution is 2.17. The molecule has 6 heteroatoms. The maximum absolute atomic E-state index is 11.3. The van der Waals surface area contributed by atoms with E-state index in [-0.39, 0.29) is 17.6 Å². The maximum atomic E-state index is 11.3. The van der Waals surface area contributed by atoms with E-state index < -0.39 is 15.8 Å². The van der Waals surface area contributed by atoms with Gasteiger partial charge < -0.3 is 9.47 Å². The zero-order valence-electron chi connectivity index (χ0n) is 10.5. The van der Waals surface area contributed by atoms with Gasteiger partial charge in [0.15, 0.2) is 16.4 Å². The first-order valence-corrected chi connectivity index (χ1v) is 7.30. The second-order valence-corrected chi connectivity index (χ2v) is 6.09. The Hall–Kier alpha value is -1.56. The third-order valence-corrected chi connectivity index (χ3v) is 3.07. The van der Waals surface area contributed by atoms with Crippen LogP contribution in [-0.4, -0.2) is 33.4 Å². The fourth-order valence-corrected chi connectivity index (χ4v) is 1.89. The van der Waals surface area contributed by atoms with E-state index in [1.54, 1.807) is 26.0 Å². The van der Waals surface area contributed by atoms with Crippen molar-refractivity contribution in [1.82, 2.24) is 0 Å². The van der Waals surface area contributed by atoms with Gasteiger partial charge in [-0.1, -0.05) is 6.07 Å². The second-order valence-electron chi connectivity index (χ2n) is 4.07. The van der Waals surface area contributed by atoms with E-state index >= 15 is 0 Å². The lowest BCUT2D eigenvalue weighted by Crippen LogP contribution is -2.18. The number of benzene rings is 1. The summed E-state index contributed by atoms with van der Waals surface area (Å²) >= 11 is 0. The number of sulfone groups is 1. The van der Waals surface area contributed by atoms with Crippen LogP contribution in [0, 0.1) is 0 Å². The van der Waals surface area contributed by atoms with Crippen molar-refractivity contribution in [3.05, 3.63) is 24.3 Å². The van der Waals surface area contributed by atoms with Gasteiger partial charge >= 0.3 is 5.97 Å². The zero-order valence-corrected chi connectivity index (χ0v) is 11.4. The average Bonchev–Trinajstić information content (AvgIpc) is 2.25. The maximum Gasteiger partial charge on any atom is 0.344 e. The van der Waals surface area contributed by atoms with E-state index in [1.807, 2.05) is 0 Å². The number of ether oxygens (including phenoxy) is 2. The van der Waals surface area contributed by atoms with Gasteiger partial charge in [-0.15, -0.1) is 0 Å². The molecule has 0 amide bonds. The standard InChI is InChI=1S/C12H16O5S/c1-9(2)17-12(13)8-16-10-5-4-6-11(7-10)18(3,14)15/h4-7,9H,8H2,1-3H3. The van der Waals surface area contributed by atoms with Crippen molar-refractivity contribution in [2.75, 3.05) is 12.9 Å². The van der Waals surface area contributed by atoms with Crippen molar-refractivity contribution in [3.63, 3.8) is 0 Å². The van der Waals surface area contributed by atoms with Gasteiger partial charge in [-0.05, 0) is 32.0 Å². The van der Waals surface area contributed by atoms with E-state index in [2.05, 4.69) is 0 Å². The molecule has 1 aromatic rings. The number of hydrogen-bond donors (Lipinski definition) is 0. The molecular weight excluding hydrogens is 256 g/mol. The van der Waals surface area contributed by atoms with Crippen molar-refractivity contribution in [3.8, 4) is 5.75 Å². The molecule has 0 aliphatic heterocycles. The van der Waals surface area contributed by atoms with Crippen molar-refractivity contribution < 1.29 is 22.7 Å². The smallest absolute Gasteiger partial charge is 0.344 e. The van der Waals surface area contributed by atoms with E-state index in [0.29, 0.717) is 5.75 Å². The Morgan fingerprint density at radius 1 is 1.33 bits per heavy atom. The first-order valence-electron chi connectivity index (χ1n) is 5.41. The van der Waals surface area contributed by atoms with Crippen LogP contribution in [0.5, 0.6) is 5.75 Å². The summed E-state index contributed by atoms with van der Waals surface area (Å²) in [6, 6.07) is 5.98. The Morgan fingerprint density at radius 3 is 2.56 bits per heavy atom. The normalized spacial score (nSPS) is 11.3. The predicted molar refractivity (Wildman–Crippen MR) is 66.3 cm³/mol. The molecule has 0 saturated heterocycles. The molecule has 18 heavy (non-hydrogen) atoms. The highest BCUT2D eigenvalue weighted by molar-refractivity contribution is 7.90.